The van der Waals surface area contributed by atoms with E-state index in [1.165, 1.54) is 8.61 Å². The average molecular weight is 339 g/mol. The molecule has 0 aromatic heterocycles. The van der Waals surface area contributed by atoms with Crippen molar-refractivity contribution < 1.29 is 17.9 Å². The summed E-state index contributed by atoms with van der Waals surface area (Å²) in [7, 11) is -1.97. The first-order chi connectivity index (χ1) is 11.0. The third kappa shape index (κ3) is 2.60. The van der Waals surface area contributed by atoms with Gasteiger partial charge in [0.15, 0.2) is 0 Å². The van der Waals surface area contributed by atoms with E-state index in [9.17, 15) is 13.2 Å². The molecule has 2 aliphatic heterocycles. The molecule has 0 unspecified atom stereocenters. The van der Waals surface area contributed by atoms with Crippen molar-refractivity contribution in [3.8, 4) is 0 Å². The summed E-state index contributed by atoms with van der Waals surface area (Å²) in [5.41, 5.74) is 1.41. The normalized spacial score (nSPS) is 20.5. The van der Waals surface area contributed by atoms with Crippen LogP contribution in [-0.2, 0) is 14.9 Å². The zero-order valence-corrected chi connectivity index (χ0v) is 14.1. The summed E-state index contributed by atoms with van der Waals surface area (Å²) < 4.78 is 33.3. The summed E-state index contributed by atoms with van der Waals surface area (Å²) in [6.07, 6.45) is 0.869. The van der Waals surface area contributed by atoms with Crippen LogP contribution < -0.4 is 8.61 Å². The molecule has 0 spiro atoms. The molecule has 1 amide bonds. The van der Waals surface area contributed by atoms with E-state index in [1.807, 2.05) is 18.2 Å². The van der Waals surface area contributed by atoms with Crippen LogP contribution in [0.1, 0.15) is 19.8 Å². The second-order valence-electron chi connectivity index (χ2n) is 5.68. The molecule has 7 nitrogen and oxygen atoms in total. The maximum Gasteiger partial charge on any atom is 0.409 e. The second-order valence-corrected chi connectivity index (χ2v) is 7.51. The Hall–Kier alpha value is -1.96. The monoisotopic (exact) mass is 339 g/mol. The number of benzene rings is 1. The number of fused-ring (bicyclic) bond motifs is 1. The number of carbonyl (C=O) groups excluding carboxylic acids is 1. The van der Waals surface area contributed by atoms with Crippen molar-refractivity contribution in [2.75, 3.05) is 35.4 Å². The molecule has 0 aliphatic carbocycles. The molecular weight excluding hydrogens is 318 g/mol. The minimum absolute atomic E-state index is 0.142. The van der Waals surface area contributed by atoms with E-state index in [1.54, 1.807) is 24.9 Å². The second kappa shape index (κ2) is 5.92. The first kappa shape index (κ1) is 15.9. The van der Waals surface area contributed by atoms with Gasteiger partial charge in [0.2, 0.25) is 0 Å². The Morgan fingerprint density at radius 1 is 1.22 bits per heavy atom. The molecule has 0 radical (unpaired) electrons. The lowest BCUT2D eigenvalue weighted by atomic mass is 10.0. The van der Waals surface area contributed by atoms with Crippen LogP contribution in [0.5, 0.6) is 0 Å². The summed E-state index contributed by atoms with van der Waals surface area (Å²) in [6, 6.07) is 7.16. The number of nitrogens with zero attached hydrogens (tertiary/aromatic N) is 3. The van der Waals surface area contributed by atoms with E-state index in [0.717, 1.165) is 0 Å². The fourth-order valence-corrected chi connectivity index (χ4v) is 4.84. The van der Waals surface area contributed by atoms with Crippen molar-refractivity contribution in [1.29, 1.82) is 0 Å². The molecule has 3 rings (SSSR count). The number of ether oxygens (including phenoxy) is 1. The number of likely N-dealkylation sites (tertiary alicyclic amines) is 1. The Morgan fingerprint density at radius 2 is 1.83 bits per heavy atom. The number of para-hydroxylation sites is 2. The molecule has 0 atom stereocenters. The molecule has 2 heterocycles. The van der Waals surface area contributed by atoms with Gasteiger partial charge in [-0.05, 0) is 31.9 Å². The van der Waals surface area contributed by atoms with Crippen molar-refractivity contribution >= 4 is 27.7 Å². The van der Waals surface area contributed by atoms with E-state index >= 15 is 0 Å². The van der Waals surface area contributed by atoms with E-state index in [4.69, 9.17) is 4.74 Å². The predicted molar refractivity (Wildman–Crippen MR) is 87.9 cm³/mol. The van der Waals surface area contributed by atoms with Crippen molar-refractivity contribution in [2.45, 2.75) is 25.8 Å². The number of carbonyl (C=O) groups is 1. The Bertz CT molecular complexity index is 698. The van der Waals surface area contributed by atoms with E-state index < -0.39 is 10.2 Å². The van der Waals surface area contributed by atoms with Crippen molar-refractivity contribution in [3.63, 3.8) is 0 Å². The molecule has 8 heteroatoms. The lowest BCUT2D eigenvalue weighted by Crippen LogP contribution is -2.49. The van der Waals surface area contributed by atoms with E-state index in [2.05, 4.69) is 0 Å². The molecule has 1 saturated heterocycles. The maximum atomic E-state index is 12.7. The molecule has 1 aromatic rings. The van der Waals surface area contributed by atoms with Crippen LogP contribution in [0.3, 0.4) is 0 Å². The largest absolute Gasteiger partial charge is 0.450 e. The van der Waals surface area contributed by atoms with Gasteiger partial charge in [-0.2, -0.15) is 8.42 Å². The lowest BCUT2D eigenvalue weighted by Gasteiger charge is -2.36. The topological polar surface area (TPSA) is 70.2 Å². The van der Waals surface area contributed by atoms with Gasteiger partial charge in [-0.15, -0.1) is 0 Å². The number of rotatable bonds is 2. The summed E-state index contributed by atoms with van der Waals surface area (Å²) in [6.45, 7) is 3.12. The highest BCUT2D eigenvalue weighted by molar-refractivity contribution is 7.94. The van der Waals surface area contributed by atoms with Gasteiger partial charge in [0, 0.05) is 20.1 Å². The van der Waals surface area contributed by atoms with Gasteiger partial charge in [-0.1, -0.05) is 12.1 Å². The van der Waals surface area contributed by atoms with Gasteiger partial charge in [-0.3, -0.25) is 4.31 Å². The first-order valence-corrected chi connectivity index (χ1v) is 9.15. The molecule has 0 N–H and O–H groups in total. The first-order valence-electron chi connectivity index (χ1n) is 7.76. The molecule has 1 aromatic carbocycles. The van der Waals surface area contributed by atoms with Crippen LogP contribution in [0.15, 0.2) is 24.3 Å². The maximum absolute atomic E-state index is 12.7. The van der Waals surface area contributed by atoms with Gasteiger partial charge in [0.1, 0.15) is 0 Å². The van der Waals surface area contributed by atoms with Gasteiger partial charge in [-0.25, -0.2) is 9.10 Å². The Balaban J connectivity index is 1.79. The summed E-state index contributed by atoms with van der Waals surface area (Å²) in [5, 5.41) is 0. The van der Waals surface area contributed by atoms with Crippen LogP contribution in [0.2, 0.25) is 0 Å². The lowest BCUT2D eigenvalue weighted by molar-refractivity contribution is 0.0977. The van der Waals surface area contributed by atoms with Crippen LogP contribution in [0.4, 0.5) is 16.2 Å². The summed E-state index contributed by atoms with van der Waals surface area (Å²) >= 11 is 0. The third-order valence-corrected chi connectivity index (χ3v) is 6.26. The van der Waals surface area contributed by atoms with Crippen LogP contribution in [0.25, 0.3) is 0 Å². The predicted octanol–water partition coefficient (Wildman–Crippen LogP) is 1.81. The van der Waals surface area contributed by atoms with Gasteiger partial charge < -0.3 is 9.64 Å². The number of hydrogen-bond acceptors (Lipinski definition) is 4. The molecule has 126 valence electrons. The number of amides is 1. The molecule has 2 aliphatic rings. The van der Waals surface area contributed by atoms with Crippen LogP contribution in [-0.4, -0.2) is 52.2 Å². The Morgan fingerprint density at radius 3 is 2.43 bits per heavy atom. The fraction of sp³-hybridized carbons (Fsp3) is 0.533. The minimum atomic E-state index is -3.54. The summed E-state index contributed by atoms with van der Waals surface area (Å²) in [4.78, 5) is 13.4. The highest BCUT2D eigenvalue weighted by Gasteiger charge is 2.43. The van der Waals surface area contributed by atoms with Crippen molar-refractivity contribution in [1.82, 2.24) is 4.90 Å². The van der Waals surface area contributed by atoms with Crippen molar-refractivity contribution in [2.24, 2.45) is 0 Å². The zero-order valence-electron chi connectivity index (χ0n) is 13.3. The van der Waals surface area contributed by atoms with Gasteiger partial charge in [0.05, 0.1) is 24.0 Å². The number of anilines is 2. The summed E-state index contributed by atoms with van der Waals surface area (Å²) in [5.74, 6) is 0. The van der Waals surface area contributed by atoms with Crippen molar-refractivity contribution in [3.05, 3.63) is 24.3 Å². The van der Waals surface area contributed by atoms with E-state index in [-0.39, 0.29) is 12.1 Å². The van der Waals surface area contributed by atoms with Crippen LogP contribution in [0, 0.1) is 0 Å². The Labute approximate surface area is 136 Å². The van der Waals surface area contributed by atoms with Gasteiger partial charge >= 0.3 is 16.3 Å². The molecule has 0 bridgehead atoms. The quantitative estimate of drug-likeness (QED) is 0.824. The zero-order chi connectivity index (χ0) is 16.6. The molecule has 23 heavy (non-hydrogen) atoms. The Kier molecular flexibility index (Phi) is 4.09. The van der Waals surface area contributed by atoms with E-state index in [0.29, 0.717) is 43.9 Å². The molecule has 1 fully saturated rings. The SMILES string of the molecule is CCOC(=O)N1CCC(N2c3ccccc3N(C)S2(=O)=O)CC1. The highest BCUT2D eigenvalue weighted by Crippen LogP contribution is 2.42. The molecular formula is C15H21N3O4S. The van der Waals surface area contributed by atoms with Gasteiger partial charge in [0.25, 0.3) is 0 Å². The number of piperidine rings is 1. The highest BCUT2D eigenvalue weighted by atomic mass is 32.2. The molecule has 0 saturated carbocycles. The van der Waals surface area contributed by atoms with Crippen LogP contribution >= 0.6 is 0 Å². The fourth-order valence-electron chi connectivity index (χ4n) is 3.18. The smallest absolute Gasteiger partial charge is 0.409 e. The number of hydrogen-bond donors (Lipinski definition) is 0. The standard InChI is InChI=1S/C15H21N3O4S/c1-3-22-15(19)17-10-8-12(9-11-17)18-14-7-5-4-6-13(14)16(2)23(18,20)21/h4-7,12H,3,8-11H2,1-2H3. The minimum Gasteiger partial charge on any atom is -0.450 e. The average Bonchev–Trinajstić information content (AvgIpc) is 2.75. The third-order valence-electron chi connectivity index (χ3n) is 4.38.